The van der Waals surface area contributed by atoms with Gasteiger partial charge in [0.05, 0.1) is 0 Å². The van der Waals surface area contributed by atoms with Gasteiger partial charge in [-0.25, -0.2) is 0 Å². The Hall–Kier alpha value is -1.04. The molecule has 2 heterocycles. The fourth-order valence-corrected chi connectivity index (χ4v) is 9.78. The Labute approximate surface area is 193 Å². The van der Waals surface area contributed by atoms with Crippen molar-refractivity contribution < 1.29 is 9.53 Å². The van der Waals surface area contributed by atoms with Crippen molar-refractivity contribution in [2.45, 2.75) is 108 Å². The Balaban J connectivity index is 2.45. The molecule has 0 spiro atoms. The van der Waals surface area contributed by atoms with Gasteiger partial charge in [0, 0.05) is 0 Å². The molecule has 0 bridgehead atoms. The summed E-state index contributed by atoms with van der Waals surface area (Å²) in [5.41, 5.74) is 0.376. The number of rotatable bonds is 11. The molecule has 0 saturated heterocycles. The summed E-state index contributed by atoms with van der Waals surface area (Å²) in [7, 11) is 0. The Kier molecular flexibility index (Phi) is 9.70. The second-order valence-electron chi connectivity index (χ2n) is 9.50. The molecule has 5 heteroatoms. The van der Waals surface area contributed by atoms with Crippen molar-refractivity contribution >= 4 is 41.7 Å². The Morgan fingerprint density at radius 2 is 1.60 bits per heavy atom. The van der Waals surface area contributed by atoms with Gasteiger partial charge in [-0.3, -0.25) is 0 Å². The zero-order chi connectivity index (χ0) is 22.2. The third-order valence-electron chi connectivity index (χ3n) is 5.62. The molecule has 0 aliphatic heterocycles. The zero-order valence-corrected chi connectivity index (χ0v) is 22.7. The quantitative estimate of drug-likeness (QED) is 0.304. The summed E-state index contributed by atoms with van der Waals surface area (Å²) < 4.78 is 9.28. The van der Waals surface area contributed by atoms with Gasteiger partial charge in [-0.15, -0.1) is 0 Å². The molecule has 30 heavy (non-hydrogen) atoms. The Morgan fingerprint density at radius 1 is 1.03 bits per heavy atom. The number of hydrogen-bond donors (Lipinski definition) is 0. The molecule has 166 valence electrons. The summed E-state index contributed by atoms with van der Waals surface area (Å²) in [6.07, 6.45) is 17.1. The first-order valence-electron chi connectivity index (χ1n) is 11.7. The van der Waals surface area contributed by atoms with Crippen LogP contribution in [0.5, 0.6) is 0 Å². The van der Waals surface area contributed by atoms with Crippen molar-refractivity contribution in [1.82, 2.24) is 9.55 Å². The van der Waals surface area contributed by atoms with E-state index in [0.29, 0.717) is 3.43 Å². The van der Waals surface area contributed by atoms with Gasteiger partial charge in [0.25, 0.3) is 0 Å². The first-order valence-corrected chi connectivity index (χ1v) is 14.6. The molecule has 0 unspecified atom stereocenters. The van der Waals surface area contributed by atoms with Gasteiger partial charge in [0.15, 0.2) is 0 Å². The van der Waals surface area contributed by atoms with Gasteiger partial charge < -0.3 is 0 Å². The topological polar surface area (TPSA) is 44.1 Å². The molecule has 2 aromatic heterocycles. The van der Waals surface area contributed by atoms with E-state index in [1.807, 2.05) is 33.2 Å². The molecule has 0 amide bonds. The van der Waals surface area contributed by atoms with E-state index >= 15 is 0 Å². The first kappa shape index (κ1) is 25.2. The maximum atomic E-state index is 12.9. The second-order valence-corrected chi connectivity index (χ2v) is 14.8. The van der Waals surface area contributed by atoms with E-state index in [0.717, 1.165) is 5.52 Å². The van der Waals surface area contributed by atoms with Crippen LogP contribution in [0.1, 0.15) is 99.3 Å². The molecule has 0 saturated carbocycles. The van der Waals surface area contributed by atoms with Gasteiger partial charge >= 0.3 is 194 Å². The molecule has 4 nitrogen and oxygen atoms in total. The number of carbonyl (C=O) groups excluding carboxylic acids is 1. The molecule has 0 aliphatic rings. The van der Waals surface area contributed by atoms with E-state index in [1.54, 1.807) is 4.57 Å². The molecule has 0 atom stereocenters. The number of unbranched alkanes of at least 4 members (excludes halogenated alkanes) is 3. The molecule has 0 fully saturated rings. The number of aromatic nitrogens is 2. The summed E-state index contributed by atoms with van der Waals surface area (Å²) in [5.74, 6) is 0. The molecule has 0 aliphatic carbocycles. The minimum absolute atomic E-state index is 0.299. The van der Waals surface area contributed by atoms with Crippen LogP contribution in [-0.4, -0.2) is 42.4 Å². The third-order valence-corrected chi connectivity index (χ3v) is 11.2. The van der Waals surface area contributed by atoms with Crippen molar-refractivity contribution in [3.05, 3.63) is 24.7 Å². The van der Waals surface area contributed by atoms with Crippen molar-refractivity contribution in [2.75, 3.05) is 0 Å². The average molecular weight is 519 g/mol. The summed E-state index contributed by atoms with van der Waals surface area (Å²) in [5, 5.41) is 1.20. The monoisotopic (exact) mass is 520 g/mol. The molecule has 2 rings (SSSR count). The number of ether oxygens (including phenoxy) is 1. The van der Waals surface area contributed by atoms with Crippen LogP contribution in [0.3, 0.4) is 0 Å². The Morgan fingerprint density at radius 3 is 2.10 bits per heavy atom. The fraction of sp³-hybridized carbons (Fsp3) is 0.680. The molecule has 2 aromatic rings. The summed E-state index contributed by atoms with van der Waals surface area (Å²) in [4.78, 5) is 17.2. The van der Waals surface area contributed by atoms with Crippen LogP contribution in [0.25, 0.3) is 10.9 Å². The van der Waals surface area contributed by atoms with E-state index in [4.69, 9.17) is 4.74 Å². The van der Waals surface area contributed by atoms with Crippen molar-refractivity contribution in [1.29, 1.82) is 0 Å². The van der Waals surface area contributed by atoms with Crippen LogP contribution in [0.4, 0.5) is 4.79 Å². The van der Waals surface area contributed by atoms with Crippen LogP contribution < -0.4 is 3.58 Å². The maximum absolute atomic E-state index is 12.9. The van der Waals surface area contributed by atoms with Crippen LogP contribution in [0, 0.1) is 0 Å². The van der Waals surface area contributed by atoms with E-state index < -0.39 is 26.7 Å². The zero-order valence-electron chi connectivity index (χ0n) is 19.9. The predicted molar refractivity (Wildman–Crippen MR) is 128 cm³/mol. The molecular weight excluding hydrogens is 479 g/mol. The summed E-state index contributed by atoms with van der Waals surface area (Å²) >= 11 is -0.958. The average Bonchev–Trinajstić information content (AvgIpc) is 3.06. The molecule has 0 aromatic carbocycles. The Bertz CT molecular complexity index is 785. The summed E-state index contributed by atoms with van der Waals surface area (Å²) in [6, 6.07) is 2.09. The van der Waals surface area contributed by atoms with Crippen molar-refractivity contribution in [3.63, 3.8) is 0 Å². The number of hydrogen-bond acceptors (Lipinski definition) is 3. The number of nitrogens with zero attached hydrogens (tertiary/aromatic N) is 2. The van der Waals surface area contributed by atoms with Crippen LogP contribution in [0.15, 0.2) is 24.7 Å². The van der Waals surface area contributed by atoms with Crippen LogP contribution in [-0.2, 0) is 4.74 Å². The van der Waals surface area contributed by atoms with E-state index in [-0.39, 0.29) is 6.09 Å². The van der Waals surface area contributed by atoms with Gasteiger partial charge in [0.1, 0.15) is 0 Å². The second kappa shape index (κ2) is 11.5. The normalized spacial score (nSPS) is 12.5. The van der Waals surface area contributed by atoms with Crippen LogP contribution >= 0.6 is 0 Å². The number of carbonyl (C=O) groups is 1. The summed E-state index contributed by atoms with van der Waals surface area (Å²) in [6.45, 7) is 12.6. The van der Waals surface area contributed by atoms with E-state index in [1.165, 1.54) is 66.8 Å². The molecular formula is C25H40N2O2Sn. The van der Waals surface area contributed by atoms with Gasteiger partial charge in [-0.1, -0.05) is 0 Å². The minimum atomic E-state index is -0.958. The molecule has 0 N–H and O–H groups in total. The van der Waals surface area contributed by atoms with Gasteiger partial charge in [-0.2, -0.15) is 0 Å². The van der Waals surface area contributed by atoms with Gasteiger partial charge in [-0.05, 0) is 0 Å². The van der Waals surface area contributed by atoms with Gasteiger partial charge in [0.2, 0.25) is 0 Å². The van der Waals surface area contributed by atoms with Crippen molar-refractivity contribution in [2.24, 2.45) is 0 Å². The third kappa shape index (κ3) is 7.00. The van der Waals surface area contributed by atoms with Crippen LogP contribution in [0.2, 0.25) is 3.43 Å². The predicted octanol–water partition coefficient (Wildman–Crippen LogP) is 6.88. The standard InChI is InChI=1S/C13H27.C12H13N2O2.Sn/c1-4-7-10-13(11-8-5-2)12-9-6-3;1-12(2,3)16-11(15)14-7-5-9-4-6-13-8-10(9)14;/h4-12H2,1-3H3;4,6-8H,1-3H3;. The SMILES string of the molecule is CCCC[C](CCCC)(CCCC)[Sn][c]1cn(C(=O)OC(C)(C)C)c2cnccc12. The van der Waals surface area contributed by atoms with E-state index in [2.05, 4.69) is 38.0 Å². The molecule has 2 radical (unpaired) electrons. The van der Waals surface area contributed by atoms with E-state index in [9.17, 15) is 4.79 Å². The number of pyridine rings is 1. The first-order chi connectivity index (χ1) is 14.2. The fourth-order valence-electron chi connectivity index (χ4n) is 4.03. The number of fused-ring (bicyclic) bond motifs is 1. The van der Waals surface area contributed by atoms with Crippen molar-refractivity contribution in [3.8, 4) is 0 Å².